The van der Waals surface area contributed by atoms with Gasteiger partial charge in [-0.15, -0.1) is 0 Å². The molecule has 0 saturated carbocycles. The van der Waals surface area contributed by atoms with Crippen LogP contribution in [0, 0.1) is 12.7 Å². The Morgan fingerprint density at radius 1 is 0.900 bits per heavy atom. The molecule has 1 aromatic heterocycles. The van der Waals surface area contributed by atoms with Crippen molar-refractivity contribution in [2.24, 2.45) is 5.16 Å². The predicted molar refractivity (Wildman–Crippen MR) is 151 cm³/mol. The molecule has 0 spiro atoms. The van der Waals surface area contributed by atoms with Crippen LogP contribution in [0.3, 0.4) is 0 Å². The van der Waals surface area contributed by atoms with Crippen LogP contribution in [-0.4, -0.2) is 21.8 Å². The second-order valence-electron chi connectivity index (χ2n) is 9.45. The van der Waals surface area contributed by atoms with Crippen molar-refractivity contribution in [3.63, 3.8) is 0 Å². The van der Waals surface area contributed by atoms with E-state index >= 15 is 0 Å². The van der Waals surface area contributed by atoms with Gasteiger partial charge in [-0.05, 0) is 73.7 Å². The van der Waals surface area contributed by atoms with Crippen LogP contribution in [0.25, 0.3) is 11.5 Å². The summed E-state index contributed by atoms with van der Waals surface area (Å²) in [5.74, 6) is 0.909. The molecule has 0 bridgehead atoms. The first-order valence-corrected chi connectivity index (χ1v) is 13.4. The number of nitrogens with zero attached hydrogens (tertiary/aromatic N) is 2. The van der Waals surface area contributed by atoms with E-state index < -0.39 is 5.97 Å². The van der Waals surface area contributed by atoms with Gasteiger partial charge in [0.2, 0.25) is 5.89 Å². The van der Waals surface area contributed by atoms with Crippen molar-refractivity contribution < 1.29 is 28.3 Å². The first kappa shape index (κ1) is 28.5. The molecule has 208 valence electrons. The highest BCUT2D eigenvalue weighted by molar-refractivity contribution is 6.00. The third-order valence-corrected chi connectivity index (χ3v) is 6.35. The fourth-order valence-corrected chi connectivity index (χ4v) is 4.09. The number of carboxylic acid groups (broad SMARTS) is 1. The normalized spacial score (nSPS) is 11.4. The van der Waals surface area contributed by atoms with Gasteiger partial charge in [-0.25, -0.2) is 9.37 Å². The first-order chi connectivity index (χ1) is 19.5. The minimum absolute atomic E-state index is 0.181. The van der Waals surface area contributed by atoms with Gasteiger partial charge in [-0.1, -0.05) is 60.5 Å². The molecule has 1 heterocycles. The van der Waals surface area contributed by atoms with Crippen LogP contribution in [0.1, 0.15) is 61.1 Å². The zero-order valence-corrected chi connectivity index (χ0v) is 22.5. The highest BCUT2D eigenvalue weighted by Crippen LogP contribution is 2.23. The fraction of sp³-hybridized carbons (Fsp3) is 0.281. The monoisotopic (exact) mass is 544 g/mol. The molecule has 0 saturated heterocycles. The molecule has 0 aliphatic heterocycles. The quantitative estimate of drug-likeness (QED) is 0.0936. The van der Waals surface area contributed by atoms with Crippen LogP contribution in [0.2, 0.25) is 0 Å². The van der Waals surface area contributed by atoms with E-state index in [0.717, 1.165) is 53.1 Å². The Kier molecular flexibility index (Phi) is 10.4. The number of halogens is 1. The molecule has 1 N–H and O–H groups in total. The highest BCUT2D eigenvalue weighted by atomic mass is 19.1. The second-order valence-corrected chi connectivity index (χ2v) is 9.45. The highest BCUT2D eigenvalue weighted by Gasteiger charge is 2.12. The number of carbonyl (C=O) groups is 1. The number of oxazole rings is 1. The Bertz CT molecular complexity index is 1380. The average Bonchev–Trinajstić information content (AvgIpc) is 3.34. The first-order valence-electron chi connectivity index (χ1n) is 13.4. The van der Waals surface area contributed by atoms with Crippen molar-refractivity contribution in [3.05, 3.63) is 107 Å². The molecular formula is C32H33FN2O5. The van der Waals surface area contributed by atoms with E-state index in [-0.39, 0.29) is 18.8 Å². The summed E-state index contributed by atoms with van der Waals surface area (Å²) in [6.07, 6.45) is 4.05. The molecule has 40 heavy (non-hydrogen) atoms. The Balaban J connectivity index is 1.29. The maximum absolute atomic E-state index is 13.4. The smallest absolute Gasteiger partial charge is 0.303 e. The number of hydrogen-bond donors (Lipinski definition) is 1. The molecule has 0 atom stereocenters. The maximum Gasteiger partial charge on any atom is 0.303 e. The number of benzene rings is 3. The van der Waals surface area contributed by atoms with Crippen LogP contribution in [-0.2, 0) is 22.8 Å². The molecule has 0 fully saturated rings. The van der Waals surface area contributed by atoms with Crippen LogP contribution in [0.4, 0.5) is 4.39 Å². The number of carboxylic acids is 1. The Morgan fingerprint density at radius 2 is 1.60 bits per heavy atom. The van der Waals surface area contributed by atoms with Gasteiger partial charge in [0.1, 0.15) is 36.2 Å². The van der Waals surface area contributed by atoms with Crippen molar-refractivity contribution >= 4 is 11.7 Å². The lowest BCUT2D eigenvalue weighted by molar-refractivity contribution is -0.137. The van der Waals surface area contributed by atoms with E-state index in [4.69, 9.17) is 19.1 Å². The van der Waals surface area contributed by atoms with Crippen molar-refractivity contribution in [3.8, 4) is 17.2 Å². The number of hydrogen-bond acceptors (Lipinski definition) is 6. The van der Waals surface area contributed by atoms with Crippen molar-refractivity contribution in [2.75, 3.05) is 0 Å². The fourth-order valence-electron chi connectivity index (χ4n) is 4.09. The molecule has 0 unspecified atom stereocenters. The van der Waals surface area contributed by atoms with Gasteiger partial charge in [0.15, 0.2) is 0 Å². The average molecular weight is 545 g/mol. The van der Waals surface area contributed by atoms with Gasteiger partial charge in [-0.3, -0.25) is 4.79 Å². The number of ether oxygens (including phenoxy) is 1. The molecule has 3 aromatic carbocycles. The summed E-state index contributed by atoms with van der Waals surface area (Å²) in [5.41, 5.74) is 4.12. The van der Waals surface area contributed by atoms with E-state index in [1.165, 1.54) is 12.1 Å². The van der Waals surface area contributed by atoms with Crippen molar-refractivity contribution in [1.29, 1.82) is 0 Å². The predicted octanol–water partition coefficient (Wildman–Crippen LogP) is 7.71. The van der Waals surface area contributed by atoms with Crippen molar-refractivity contribution in [2.45, 2.75) is 58.7 Å². The van der Waals surface area contributed by atoms with E-state index in [9.17, 15) is 9.18 Å². The molecule has 8 heteroatoms. The third kappa shape index (κ3) is 8.80. The summed E-state index contributed by atoms with van der Waals surface area (Å²) in [6.45, 7) is 2.44. The van der Waals surface area contributed by atoms with E-state index in [1.54, 1.807) is 12.1 Å². The number of aryl methyl sites for hydroxylation is 1. The summed E-state index contributed by atoms with van der Waals surface area (Å²) in [7, 11) is 0. The van der Waals surface area contributed by atoms with Crippen LogP contribution < -0.4 is 4.74 Å². The minimum atomic E-state index is -0.774. The van der Waals surface area contributed by atoms with Crippen LogP contribution in [0.15, 0.2) is 88.4 Å². The Hall–Kier alpha value is -4.46. The lowest BCUT2D eigenvalue weighted by Gasteiger charge is -2.09. The molecule has 0 aliphatic carbocycles. The zero-order chi connectivity index (χ0) is 28.2. The summed E-state index contributed by atoms with van der Waals surface area (Å²) in [4.78, 5) is 20.9. The minimum Gasteiger partial charge on any atom is -0.487 e. The van der Waals surface area contributed by atoms with Gasteiger partial charge in [-0.2, -0.15) is 0 Å². The standard InChI is InChI=1S/C32H33FN2O5/c1-23-30(34-32(40-23)26-9-5-4-6-10-26)22-38-28-19-13-24(14-20-28)21-39-35-29(25-15-17-27(33)18-16-25)11-7-2-3-8-12-31(36)37/h4-6,9-10,13-20H,2-3,7-8,11-12,21-22H2,1H3,(H,36,37). The largest absolute Gasteiger partial charge is 0.487 e. The summed E-state index contributed by atoms with van der Waals surface area (Å²) >= 11 is 0. The molecule has 4 aromatic rings. The maximum atomic E-state index is 13.4. The molecule has 4 rings (SSSR count). The SMILES string of the molecule is Cc1oc(-c2ccccc2)nc1COc1ccc(CON=C(CCCCCCC(=O)O)c2ccc(F)cc2)cc1. The lowest BCUT2D eigenvalue weighted by atomic mass is 10.0. The number of unbranched alkanes of at least 4 members (excludes halogenated alkanes) is 3. The van der Waals surface area contributed by atoms with E-state index in [0.29, 0.717) is 31.1 Å². The number of aromatic nitrogens is 1. The summed E-state index contributed by atoms with van der Waals surface area (Å²) in [5, 5.41) is 13.1. The molecular weight excluding hydrogens is 511 g/mol. The second kappa shape index (κ2) is 14.6. The van der Waals surface area contributed by atoms with Crippen LogP contribution in [0.5, 0.6) is 5.75 Å². The van der Waals surface area contributed by atoms with Crippen LogP contribution >= 0.6 is 0 Å². The van der Waals surface area contributed by atoms with Gasteiger partial charge >= 0.3 is 5.97 Å². The van der Waals surface area contributed by atoms with Crippen molar-refractivity contribution in [1.82, 2.24) is 4.98 Å². The molecule has 0 radical (unpaired) electrons. The molecule has 7 nitrogen and oxygen atoms in total. The Labute approximate surface area is 233 Å². The third-order valence-electron chi connectivity index (χ3n) is 6.35. The van der Waals surface area contributed by atoms with Gasteiger partial charge in [0.25, 0.3) is 0 Å². The van der Waals surface area contributed by atoms with E-state index in [1.807, 2.05) is 61.5 Å². The Morgan fingerprint density at radius 3 is 2.30 bits per heavy atom. The number of oxime groups is 1. The lowest BCUT2D eigenvalue weighted by Crippen LogP contribution is -2.03. The molecule has 0 amide bonds. The molecule has 0 aliphatic rings. The number of aliphatic carboxylic acids is 1. The van der Waals surface area contributed by atoms with Gasteiger partial charge in [0, 0.05) is 12.0 Å². The number of rotatable bonds is 15. The van der Waals surface area contributed by atoms with Gasteiger partial charge in [0.05, 0.1) is 5.71 Å². The van der Waals surface area contributed by atoms with E-state index in [2.05, 4.69) is 10.1 Å². The zero-order valence-electron chi connectivity index (χ0n) is 22.5. The summed E-state index contributed by atoms with van der Waals surface area (Å²) < 4.78 is 25.1. The topological polar surface area (TPSA) is 94.2 Å². The summed E-state index contributed by atoms with van der Waals surface area (Å²) in [6, 6.07) is 23.5. The van der Waals surface area contributed by atoms with Gasteiger partial charge < -0.3 is 19.1 Å².